The number of aromatic amines is 1. The van der Waals surface area contributed by atoms with Crippen molar-refractivity contribution in [3.63, 3.8) is 0 Å². The standard InChI is InChI=1S/C28H33BrN6O4S2/c1-18(12-13-32-40(36)39-22-7-4-14-35(17-22)28(30)31)26-24-16-21(29)9-11-25(24)33-27(26)34-41(37,38)23-10-8-19-5-2-3-6-20(19)15-23/h2-3,5-6,8-11,15-16,18,22,32-34H,4,7,12-14,17H2,1H3,(H3,30,31)/t18?,22-,40?/m1/s1. The van der Waals surface area contributed by atoms with Gasteiger partial charge in [0.2, 0.25) is 11.3 Å². The van der Waals surface area contributed by atoms with E-state index >= 15 is 0 Å². The number of hydrogen-bond donors (Lipinski definition) is 5. The molecule has 0 spiro atoms. The second kappa shape index (κ2) is 12.5. The highest BCUT2D eigenvalue weighted by Crippen LogP contribution is 2.37. The largest absolute Gasteiger partial charge is 0.370 e. The van der Waals surface area contributed by atoms with Crippen molar-refractivity contribution in [3.05, 3.63) is 70.7 Å². The van der Waals surface area contributed by atoms with Crippen molar-refractivity contribution in [2.24, 2.45) is 5.73 Å². The van der Waals surface area contributed by atoms with Gasteiger partial charge in [0.05, 0.1) is 11.0 Å². The number of nitrogens with two attached hydrogens (primary N) is 1. The zero-order valence-corrected chi connectivity index (χ0v) is 25.7. The van der Waals surface area contributed by atoms with Gasteiger partial charge in [-0.2, -0.15) is 0 Å². The summed E-state index contributed by atoms with van der Waals surface area (Å²) in [6.45, 7) is 3.52. The molecule has 1 saturated heterocycles. The zero-order chi connectivity index (χ0) is 29.1. The third kappa shape index (κ3) is 6.92. The van der Waals surface area contributed by atoms with Gasteiger partial charge in [-0.15, -0.1) is 0 Å². The highest BCUT2D eigenvalue weighted by atomic mass is 79.9. The summed E-state index contributed by atoms with van der Waals surface area (Å²) in [5.41, 5.74) is 7.22. The van der Waals surface area contributed by atoms with Gasteiger partial charge < -0.3 is 15.6 Å². The molecule has 0 aliphatic carbocycles. The summed E-state index contributed by atoms with van der Waals surface area (Å²) in [6.07, 6.45) is 1.86. The highest BCUT2D eigenvalue weighted by molar-refractivity contribution is 9.10. The number of benzene rings is 3. The topological polar surface area (TPSA) is 153 Å². The number of anilines is 1. The van der Waals surface area contributed by atoms with Crippen LogP contribution in [0.1, 0.15) is 37.7 Å². The highest BCUT2D eigenvalue weighted by Gasteiger charge is 2.25. The van der Waals surface area contributed by atoms with Crippen LogP contribution in [0, 0.1) is 5.41 Å². The molecule has 3 aromatic carbocycles. The van der Waals surface area contributed by atoms with Gasteiger partial charge in [0.15, 0.2) is 5.96 Å². The molecule has 6 N–H and O–H groups in total. The van der Waals surface area contributed by atoms with Gasteiger partial charge in [-0.3, -0.25) is 14.3 Å². The lowest BCUT2D eigenvalue weighted by atomic mass is 9.96. The van der Waals surface area contributed by atoms with Crippen molar-refractivity contribution >= 4 is 70.7 Å². The quantitative estimate of drug-likeness (QED) is 0.120. The normalized spacial score (nSPS) is 17.5. The van der Waals surface area contributed by atoms with Gasteiger partial charge in [-0.05, 0) is 66.3 Å². The summed E-state index contributed by atoms with van der Waals surface area (Å²) in [5, 5.41) is 10.3. The molecule has 1 fully saturated rings. The number of halogens is 1. The molecule has 2 unspecified atom stereocenters. The molecule has 13 heteroatoms. The molecule has 0 bridgehead atoms. The van der Waals surface area contributed by atoms with Gasteiger partial charge >= 0.3 is 0 Å². The Kier molecular flexibility index (Phi) is 9.00. The third-order valence-electron chi connectivity index (χ3n) is 7.30. The molecular weight excluding hydrogens is 628 g/mol. The second-order valence-corrected chi connectivity index (χ2v) is 13.8. The number of nitrogens with one attached hydrogen (secondary N) is 4. The molecule has 2 heterocycles. The van der Waals surface area contributed by atoms with E-state index in [9.17, 15) is 12.6 Å². The van der Waals surface area contributed by atoms with Crippen LogP contribution < -0.4 is 15.2 Å². The van der Waals surface area contributed by atoms with Gasteiger partial charge in [0.1, 0.15) is 5.82 Å². The number of H-pyrrole nitrogens is 1. The molecular formula is C28H33BrN6O4S2. The molecule has 3 atom stereocenters. The van der Waals surface area contributed by atoms with Gasteiger partial charge in [0.25, 0.3) is 10.0 Å². The van der Waals surface area contributed by atoms with Crippen LogP contribution in [0.15, 0.2) is 70.0 Å². The van der Waals surface area contributed by atoms with Gasteiger partial charge in [-0.25, -0.2) is 17.3 Å². The van der Waals surface area contributed by atoms with Crippen LogP contribution in [0.4, 0.5) is 5.82 Å². The first-order valence-corrected chi connectivity index (χ1v) is 16.7. The van der Waals surface area contributed by atoms with Crippen LogP contribution in [0.2, 0.25) is 0 Å². The van der Waals surface area contributed by atoms with E-state index in [-0.39, 0.29) is 22.9 Å². The molecule has 1 aromatic heterocycles. The molecule has 218 valence electrons. The number of aromatic nitrogens is 1. The Morgan fingerprint density at radius 3 is 2.78 bits per heavy atom. The summed E-state index contributed by atoms with van der Waals surface area (Å²) in [6, 6.07) is 18.5. The monoisotopic (exact) mass is 660 g/mol. The summed E-state index contributed by atoms with van der Waals surface area (Å²) in [4.78, 5) is 5.14. The smallest absolute Gasteiger partial charge is 0.263 e. The van der Waals surface area contributed by atoms with Crippen LogP contribution in [0.5, 0.6) is 0 Å². The van der Waals surface area contributed by atoms with Crippen molar-refractivity contribution in [1.29, 1.82) is 5.41 Å². The minimum atomic E-state index is -3.88. The Morgan fingerprint density at radius 2 is 2.00 bits per heavy atom. The van der Waals surface area contributed by atoms with E-state index in [4.69, 9.17) is 15.3 Å². The van der Waals surface area contributed by atoms with Crippen LogP contribution in [-0.4, -0.2) is 54.2 Å². The molecule has 41 heavy (non-hydrogen) atoms. The average molecular weight is 662 g/mol. The number of guanidine groups is 1. The van der Waals surface area contributed by atoms with E-state index in [2.05, 4.69) is 30.4 Å². The zero-order valence-electron chi connectivity index (χ0n) is 22.5. The van der Waals surface area contributed by atoms with Crippen LogP contribution in [0.3, 0.4) is 0 Å². The van der Waals surface area contributed by atoms with Crippen molar-refractivity contribution in [2.75, 3.05) is 24.4 Å². The summed E-state index contributed by atoms with van der Waals surface area (Å²) in [5.74, 6) is 0.297. The lowest BCUT2D eigenvalue weighted by molar-refractivity contribution is 0.136. The molecule has 0 saturated carbocycles. The third-order valence-corrected chi connectivity index (χ3v) is 10.0. The first-order chi connectivity index (χ1) is 19.6. The molecule has 4 aromatic rings. The van der Waals surface area contributed by atoms with E-state index in [0.29, 0.717) is 31.9 Å². The number of sulfonamides is 1. The maximum atomic E-state index is 13.5. The second-order valence-electron chi connectivity index (χ2n) is 10.2. The molecule has 1 aliphatic rings. The lowest BCUT2D eigenvalue weighted by Crippen LogP contribution is -2.46. The van der Waals surface area contributed by atoms with E-state index in [1.165, 1.54) is 0 Å². The number of hydrogen-bond acceptors (Lipinski definition) is 5. The van der Waals surface area contributed by atoms with Crippen molar-refractivity contribution in [2.45, 2.75) is 43.1 Å². The number of rotatable bonds is 10. The summed E-state index contributed by atoms with van der Waals surface area (Å²) < 4.78 is 51.8. The van der Waals surface area contributed by atoms with E-state index in [1.54, 1.807) is 23.1 Å². The minimum Gasteiger partial charge on any atom is -0.370 e. The van der Waals surface area contributed by atoms with Gasteiger partial charge in [0, 0.05) is 40.6 Å². The maximum absolute atomic E-state index is 13.5. The SMILES string of the molecule is CC(CCNS(=O)O[C@@H]1CCCN(C(=N)N)C1)c1c(NS(=O)(=O)c2ccc3ccccc3c2)[nH]c2ccc(Br)cc12. The predicted molar refractivity (Wildman–Crippen MR) is 168 cm³/mol. The van der Waals surface area contributed by atoms with E-state index in [0.717, 1.165) is 44.6 Å². The lowest BCUT2D eigenvalue weighted by Gasteiger charge is -2.32. The summed E-state index contributed by atoms with van der Waals surface area (Å²) >= 11 is 1.82. The fourth-order valence-electron chi connectivity index (χ4n) is 5.20. The first-order valence-electron chi connectivity index (χ1n) is 13.3. The van der Waals surface area contributed by atoms with Crippen LogP contribution in [-0.2, 0) is 25.5 Å². The molecule has 0 radical (unpaired) electrons. The Hall–Kier alpha value is -2.97. The Balaban J connectivity index is 1.30. The minimum absolute atomic E-state index is 0.0109. The van der Waals surface area contributed by atoms with E-state index in [1.807, 2.05) is 49.4 Å². The average Bonchev–Trinajstić information content (AvgIpc) is 3.29. The first kappa shape index (κ1) is 29.5. The number of likely N-dealkylation sites (tertiary alicyclic amines) is 1. The van der Waals surface area contributed by atoms with Crippen molar-refractivity contribution < 1.29 is 16.8 Å². The molecule has 10 nitrogen and oxygen atoms in total. The number of fused-ring (bicyclic) bond motifs is 2. The van der Waals surface area contributed by atoms with Crippen LogP contribution in [0.25, 0.3) is 21.7 Å². The Morgan fingerprint density at radius 1 is 1.22 bits per heavy atom. The molecule has 1 aliphatic heterocycles. The Bertz CT molecular complexity index is 1710. The number of piperidine rings is 1. The van der Waals surface area contributed by atoms with Gasteiger partial charge in [-0.1, -0.05) is 53.2 Å². The number of nitrogens with zero attached hydrogens (tertiary/aromatic N) is 1. The van der Waals surface area contributed by atoms with Crippen molar-refractivity contribution in [1.82, 2.24) is 14.6 Å². The van der Waals surface area contributed by atoms with E-state index < -0.39 is 21.3 Å². The molecule has 0 amide bonds. The Labute approximate surface area is 250 Å². The van der Waals surface area contributed by atoms with Crippen molar-refractivity contribution in [3.8, 4) is 0 Å². The fourth-order valence-corrected chi connectivity index (χ4v) is 7.40. The fraction of sp³-hybridized carbons (Fsp3) is 0.321. The maximum Gasteiger partial charge on any atom is 0.263 e. The summed E-state index contributed by atoms with van der Waals surface area (Å²) in [7, 11) is -3.88. The van der Waals surface area contributed by atoms with Crippen LogP contribution >= 0.6 is 15.9 Å². The predicted octanol–water partition coefficient (Wildman–Crippen LogP) is 4.92. The molecule has 5 rings (SSSR count).